The lowest BCUT2D eigenvalue weighted by atomic mass is 9.75. The summed E-state index contributed by atoms with van der Waals surface area (Å²) < 4.78 is 5.31. The number of rotatable bonds is 3. The molecular formula is C15H17NO3. The molecule has 19 heavy (non-hydrogen) atoms. The number of carbonyl (C=O) groups is 2. The molecule has 0 saturated carbocycles. The van der Waals surface area contributed by atoms with Crippen LogP contribution in [0, 0.1) is 11.3 Å². The summed E-state index contributed by atoms with van der Waals surface area (Å²) in [6.45, 7) is 5.93. The van der Waals surface area contributed by atoms with Gasteiger partial charge in [0.25, 0.3) is 11.8 Å². The van der Waals surface area contributed by atoms with E-state index in [9.17, 15) is 9.59 Å². The summed E-state index contributed by atoms with van der Waals surface area (Å²) in [5, 5.41) is 0. The van der Waals surface area contributed by atoms with Crippen LogP contribution in [0.5, 0.6) is 0 Å². The average molecular weight is 259 g/mol. The number of imide groups is 1. The summed E-state index contributed by atoms with van der Waals surface area (Å²) in [6.07, 6.45) is 0. The van der Waals surface area contributed by atoms with Crippen LogP contribution in [0.3, 0.4) is 0 Å². The van der Waals surface area contributed by atoms with Crippen LogP contribution in [-0.4, -0.2) is 36.5 Å². The maximum Gasteiger partial charge on any atom is 0.261 e. The number of ether oxygens (including phenoxy) is 1. The van der Waals surface area contributed by atoms with Crippen molar-refractivity contribution in [3.8, 4) is 0 Å². The van der Waals surface area contributed by atoms with Crippen LogP contribution in [0.25, 0.3) is 0 Å². The van der Waals surface area contributed by atoms with Crippen molar-refractivity contribution in [2.24, 2.45) is 11.3 Å². The number of nitrogens with zero attached hydrogens (tertiary/aromatic N) is 1. The van der Waals surface area contributed by atoms with E-state index >= 15 is 0 Å². The number of hydrogen-bond donors (Lipinski definition) is 0. The van der Waals surface area contributed by atoms with Crippen LogP contribution in [0.15, 0.2) is 24.3 Å². The van der Waals surface area contributed by atoms with Crippen molar-refractivity contribution in [3.63, 3.8) is 0 Å². The van der Waals surface area contributed by atoms with Gasteiger partial charge in [-0.2, -0.15) is 0 Å². The van der Waals surface area contributed by atoms with E-state index in [1.54, 1.807) is 24.3 Å². The third kappa shape index (κ3) is 1.70. The highest BCUT2D eigenvalue weighted by Crippen LogP contribution is 2.38. The Bertz CT molecular complexity index is 511. The molecule has 0 N–H and O–H groups in total. The molecule has 4 heteroatoms. The smallest absolute Gasteiger partial charge is 0.261 e. The molecule has 0 spiro atoms. The highest BCUT2D eigenvalue weighted by molar-refractivity contribution is 6.21. The van der Waals surface area contributed by atoms with E-state index < -0.39 is 0 Å². The molecule has 0 aromatic heterocycles. The van der Waals surface area contributed by atoms with E-state index in [4.69, 9.17) is 4.74 Å². The molecule has 0 unspecified atom stereocenters. The first-order valence-electron chi connectivity index (χ1n) is 6.58. The molecule has 1 saturated heterocycles. The third-order valence-electron chi connectivity index (χ3n) is 4.35. The van der Waals surface area contributed by atoms with Crippen molar-refractivity contribution in [3.05, 3.63) is 35.4 Å². The Morgan fingerprint density at radius 2 is 1.68 bits per heavy atom. The number of amides is 2. The molecule has 0 radical (unpaired) electrons. The minimum absolute atomic E-state index is 0.0760. The highest BCUT2D eigenvalue weighted by atomic mass is 16.5. The van der Waals surface area contributed by atoms with Gasteiger partial charge in [-0.05, 0) is 18.1 Å². The SMILES string of the molecule is CC(C)C1(CN2C(=O)c3ccccc3C2=O)COC1. The Balaban J connectivity index is 1.88. The van der Waals surface area contributed by atoms with Crippen molar-refractivity contribution >= 4 is 11.8 Å². The third-order valence-corrected chi connectivity index (χ3v) is 4.35. The average Bonchev–Trinajstić information content (AvgIpc) is 2.58. The molecule has 1 aromatic rings. The maximum absolute atomic E-state index is 12.3. The van der Waals surface area contributed by atoms with E-state index in [0.717, 1.165) is 0 Å². The summed E-state index contributed by atoms with van der Waals surface area (Å²) in [4.78, 5) is 26.0. The minimum Gasteiger partial charge on any atom is -0.380 e. The van der Waals surface area contributed by atoms with Gasteiger partial charge in [-0.1, -0.05) is 26.0 Å². The van der Waals surface area contributed by atoms with Gasteiger partial charge < -0.3 is 4.74 Å². The number of hydrogen-bond acceptors (Lipinski definition) is 3. The van der Waals surface area contributed by atoms with Crippen LogP contribution in [0.2, 0.25) is 0 Å². The van der Waals surface area contributed by atoms with Gasteiger partial charge in [0.05, 0.1) is 24.3 Å². The molecule has 0 bridgehead atoms. The predicted molar refractivity (Wildman–Crippen MR) is 69.9 cm³/mol. The summed E-state index contributed by atoms with van der Waals surface area (Å²) in [5.41, 5.74) is 0.964. The van der Waals surface area contributed by atoms with Gasteiger partial charge in [-0.15, -0.1) is 0 Å². The Labute approximate surface area is 112 Å². The first-order valence-corrected chi connectivity index (χ1v) is 6.58. The van der Waals surface area contributed by atoms with Gasteiger partial charge in [0, 0.05) is 12.0 Å². The second kappa shape index (κ2) is 4.17. The van der Waals surface area contributed by atoms with Gasteiger partial charge in [0.15, 0.2) is 0 Å². The largest absolute Gasteiger partial charge is 0.380 e. The summed E-state index contributed by atoms with van der Waals surface area (Å²) in [7, 11) is 0. The Hall–Kier alpha value is -1.68. The van der Waals surface area contributed by atoms with Crippen molar-refractivity contribution in [2.45, 2.75) is 13.8 Å². The molecule has 2 aliphatic heterocycles. The number of fused-ring (bicyclic) bond motifs is 1. The second-order valence-electron chi connectivity index (χ2n) is 5.75. The molecule has 0 aliphatic carbocycles. The summed E-state index contributed by atoms with van der Waals surface area (Å²) >= 11 is 0. The van der Waals surface area contributed by atoms with Gasteiger partial charge in [0.2, 0.25) is 0 Å². The number of benzene rings is 1. The fraction of sp³-hybridized carbons (Fsp3) is 0.467. The van der Waals surface area contributed by atoms with Crippen molar-refractivity contribution in [1.82, 2.24) is 4.90 Å². The van der Waals surface area contributed by atoms with E-state index in [0.29, 0.717) is 36.8 Å². The molecule has 2 aliphatic rings. The molecule has 1 fully saturated rings. The molecule has 0 atom stereocenters. The Morgan fingerprint density at radius 1 is 1.16 bits per heavy atom. The molecule has 3 rings (SSSR count). The molecule has 100 valence electrons. The number of carbonyl (C=O) groups excluding carboxylic acids is 2. The van der Waals surface area contributed by atoms with Crippen molar-refractivity contribution in [2.75, 3.05) is 19.8 Å². The minimum atomic E-state index is -0.174. The van der Waals surface area contributed by atoms with Crippen LogP contribution in [0.1, 0.15) is 34.6 Å². The monoisotopic (exact) mass is 259 g/mol. The topological polar surface area (TPSA) is 46.6 Å². The van der Waals surface area contributed by atoms with Crippen molar-refractivity contribution in [1.29, 1.82) is 0 Å². The Morgan fingerprint density at radius 3 is 2.05 bits per heavy atom. The van der Waals surface area contributed by atoms with E-state index in [1.807, 2.05) is 0 Å². The lowest BCUT2D eigenvalue weighted by Gasteiger charge is -2.46. The molecule has 2 heterocycles. The molecule has 1 aromatic carbocycles. The fourth-order valence-corrected chi connectivity index (χ4v) is 2.67. The zero-order valence-electron chi connectivity index (χ0n) is 11.2. The first-order chi connectivity index (χ1) is 9.05. The van der Waals surface area contributed by atoms with Gasteiger partial charge in [-0.3, -0.25) is 14.5 Å². The maximum atomic E-state index is 12.3. The van der Waals surface area contributed by atoms with Crippen LogP contribution >= 0.6 is 0 Å². The standard InChI is InChI=1S/C15H17NO3/c1-10(2)15(8-19-9-15)7-16-13(17)11-5-3-4-6-12(11)14(16)18/h3-6,10H,7-9H2,1-2H3. The fourth-order valence-electron chi connectivity index (χ4n) is 2.67. The molecular weight excluding hydrogens is 242 g/mol. The van der Waals surface area contributed by atoms with Crippen molar-refractivity contribution < 1.29 is 14.3 Å². The molecule has 4 nitrogen and oxygen atoms in total. The lowest BCUT2D eigenvalue weighted by molar-refractivity contribution is -0.143. The zero-order valence-corrected chi connectivity index (χ0v) is 11.2. The van der Waals surface area contributed by atoms with Crippen LogP contribution in [-0.2, 0) is 4.74 Å². The normalized spacial score (nSPS) is 20.7. The molecule has 2 amide bonds. The van der Waals surface area contributed by atoms with Crippen LogP contribution in [0.4, 0.5) is 0 Å². The summed E-state index contributed by atoms with van der Waals surface area (Å²) in [6, 6.07) is 7.01. The quantitative estimate of drug-likeness (QED) is 0.779. The van der Waals surface area contributed by atoms with Crippen LogP contribution < -0.4 is 0 Å². The second-order valence-corrected chi connectivity index (χ2v) is 5.75. The van der Waals surface area contributed by atoms with E-state index in [1.165, 1.54) is 4.90 Å². The summed E-state index contributed by atoms with van der Waals surface area (Å²) in [5.74, 6) is 0.0330. The first kappa shape index (κ1) is 12.4. The van der Waals surface area contributed by atoms with Gasteiger partial charge in [-0.25, -0.2) is 0 Å². The van der Waals surface area contributed by atoms with Gasteiger partial charge in [0.1, 0.15) is 0 Å². The highest BCUT2D eigenvalue weighted by Gasteiger charge is 2.47. The van der Waals surface area contributed by atoms with E-state index in [-0.39, 0.29) is 17.2 Å². The lowest BCUT2D eigenvalue weighted by Crippen LogP contribution is -2.55. The Kier molecular flexibility index (Phi) is 2.71. The van der Waals surface area contributed by atoms with Gasteiger partial charge >= 0.3 is 0 Å². The predicted octanol–water partition coefficient (Wildman–Crippen LogP) is 1.96. The van der Waals surface area contributed by atoms with E-state index in [2.05, 4.69) is 13.8 Å². The zero-order chi connectivity index (χ0) is 13.6.